The van der Waals surface area contributed by atoms with Crippen LogP contribution in [-0.4, -0.2) is 33.6 Å². The van der Waals surface area contributed by atoms with Crippen molar-refractivity contribution >= 4 is 52.4 Å². The summed E-state index contributed by atoms with van der Waals surface area (Å²) in [7, 11) is 0. The summed E-state index contributed by atoms with van der Waals surface area (Å²) in [6.07, 6.45) is 1.44. The van der Waals surface area contributed by atoms with E-state index in [2.05, 4.69) is 26.3 Å². The number of hydrogen-bond acceptors (Lipinski definition) is 5. The molecule has 0 saturated heterocycles. The zero-order valence-corrected chi connectivity index (χ0v) is 20.1. The molecule has 9 nitrogen and oxygen atoms in total. The maximum Gasteiger partial charge on any atom is 0.320 e. The lowest BCUT2D eigenvalue weighted by atomic mass is 10.3. The number of ether oxygens (including phenoxy) is 1. The summed E-state index contributed by atoms with van der Waals surface area (Å²) in [5, 5.41) is 17.0. The van der Waals surface area contributed by atoms with Crippen molar-refractivity contribution in [1.82, 2.24) is 25.6 Å². The molecule has 4 aromatic rings. The molecule has 0 atom stereocenters. The summed E-state index contributed by atoms with van der Waals surface area (Å²) in [6, 6.07) is 18.0. The highest BCUT2D eigenvalue weighted by molar-refractivity contribution is 6.35. The Bertz CT molecular complexity index is 1360. The highest BCUT2D eigenvalue weighted by atomic mass is 35.5. The van der Waals surface area contributed by atoms with Crippen molar-refractivity contribution < 1.29 is 14.3 Å². The number of halogens is 3. The maximum atomic E-state index is 12.4. The third kappa shape index (κ3) is 6.42. The van der Waals surface area contributed by atoms with Gasteiger partial charge in [-0.25, -0.2) is 9.48 Å². The Morgan fingerprint density at radius 3 is 2.40 bits per heavy atom. The minimum absolute atomic E-state index is 0.0456. The van der Waals surface area contributed by atoms with Crippen LogP contribution in [0.4, 0.5) is 10.5 Å². The lowest BCUT2D eigenvalue weighted by Crippen LogP contribution is -2.39. The van der Waals surface area contributed by atoms with E-state index in [1.54, 1.807) is 66.7 Å². The molecule has 3 amide bonds. The third-order valence-electron chi connectivity index (χ3n) is 4.55. The minimum Gasteiger partial charge on any atom is -0.454 e. The molecular formula is C23H17Cl3N6O3. The van der Waals surface area contributed by atoms with Gasteiger partial charge in [0.25, 0.3) is 5.91 Å². The summed E-state index contributed by atoms with van der Waals surface area (Å²) in [5.74, 6) is 0.320. The summed E-state index contributed by atoms with van der Waals surface area (Å²) in [6.45, 7) is -0.125. The molecule has 0 radical (unpaired) electrons. The largest absolute Gasteiger partial charge is 0.454 e. The first kappa shape index (κ1) is 24.3. The van der Waals surface area contributed by atoms with Crippen LogP contribution in [0.5, 0.6) is 11.5 Å². The Morgan fingerprint density at radius 1 is 0.886 bits per heavy atom. The highest BCUT2D eigenvalue weighted by Crippen LogP contribution is 2.34. The van der Waals surface area contributed by atoms with Gasteiger partial charge in [-0.1, -0.05) is 52.1 Å². The topological polar surface area (TPSA) is 110 Å². The normalized spacial score (nSPS) is 10.5. The van der Waals surface area contributed by atoms with Crippen LogP contribution >= 0.6 is 34.8 Å². The van der Waals surface area contributed by atoms with Crippen LogP contribution in [0.15, 0.2) is 72.9 Å². The van der Waals surface area contributed by atoms with E-state index in [0.29, 0.717) is 37.9 Å². The number of carbonyl (C=O) groups is 2. The number of benzene rings is 3. The molecule has 0 aliphatic heterocycles. The second-order valence-corrected chi connectivity index (χ2v) is 8.29. The van der Waals surface area contributed by atoms with Gasteiger partial charge in [0, 0.05) is 15.7 Å². The molecule has 4 rings (SSSR count). The molecule has 0 bridgehead atoms. The maximum absolute atomic E-state index is 12.4. The Kier molecular flexibility index (Phi) is 7.71. The van der Waals surface area contributed by atoms with Crippen molar-refractivity contribution in [2.45, 2.75) is 0 Å². The number of urea groups is 1. The van der Waals surface area contributed by atoms with Gasteiger partial charge in [0.15, 0.2) is 11.4 Å². The van der Waals surface area contributed by atoms with E-state index < -0.39 is 11.9 Å². The molecule has 0 aliphatic carbocycles. The van der Waals surface area contributed by atoms with Crippen molar-refractivity contribution in [3.8, 4) is 17.2 Å². The van der Waals surface area contributed by atoms with E-state index in [1.165, 1.54) is 10.9 Å². The van der Waals surface area contributed by atoms with Crippen molar-refractivity contribution in [2.75, 3.05) is 12.0 Å². The van der Waals surface area contributed by atoms with Crippen LogP contribution in [0.3, 0.4) is 0 Å². The molecule has 178 valence electrons. The minimum atomic E-state index is -0.526. The van der Waals surface area contributed by atoms with Gasteiger partial charge in [0.1, 0.15) is 11.4 Å². The van der Waals surface area contributed by atoms with Crippen LogP contribution in [0, 0.1) is 0 Å². The predicted octanol–water partition coefficient (Wildman–Crippen LogP) is 5.53. The van der Waals surface area contributed by atoms with Gasteiger partial charge in [0.2, 0.25) is 0 Å². The fourth-order valence-corrected chi connectivity index (χ4v) is 3.47. The van der Waals surface area contributed by atoms with Crippen molar-refractivity contribution in [1.29, 1.82) is 0 Å². The molecule has 3 N–H and O–H groups in total. The zero-order valence-electron chi connectivity index (χ0n) is 17.8. The molecule has 1 heterocycles. The molecule has 12 heteroatoms. The number of carbonyl (C=O) groups excluding carboxylic acids is 2. The van der Waals surface area contributed by atoms with Crippen LogP contribution in [-0.2, 0) is 0 Å². The molecule has 3 aromatic carbocycles. The van der Waals surface area contributed by atoms with Gasteiger partial charge >= 0.3 is 6.03 Å². The first-order valence-corrected chi connectivity index (χ1v) is 11.3. The lowest BCUT2D eigenvalue weighted by molar-refractivity contribution is 0.0947. The molecule has 1 aromatic heterocycles. The number of nitrogens with zero attached hydrogens (tertiary/aromatic N) is 3. The van der Waals surface area contributed by atoms with Crippen LogP contribution < -0.4 is 20.7 Å². The van der Waals surface area contributed by atoms with E-state index in [0.717, 1.165) is 0 Å². The van der Waals surface area contributed by atoms with Gasteiger partial charge in [-0.05, 0) is 54.6 Å². The number of hydrogen-bond donors (Lipinski definition) is 3. The third-order valence-corrected chi connectivity index (χ3v) is 5.33. The Morgan fingerprint density at radius 2 is 1.63 bits per heavy atom. The second-order valence-electron chi connectivity index (χ2n) is 7.01. The van der Waals surface area contributed by atoms with Crippen molar-refractivity contribution in [3.63, 3.8) is 0 Å². The van der Waals surface area contributed by atoms with E-state index in [-0.39, 0.29) is 12.4 Å². The molecule has 0 aliphatic rings. The standard InChI is InChI=1S/C23H17Cl3N6O3/c24-14-5-8-16(9-6-14)29-23(34)28-13-27-22(33)18-12-32(31-30-18)19-3-1-2-4-21(19)35-20-10-7-15(25)11-17(20)26/h1-12H,13H2,(H,27,33)(H2,28,29,34). The zero-order chi connectivity index (χ0) is 24.8. The Labute approximate surface area is 214 Å². The predicted molar refractivity (Wildman–Crippen MR) is 134 cm³/mol. The summed E-state index contributed by atoms with van der Waals surface area (Å²) in [5.41, 5.74) is 1.14. The SMILES string of the molecule is O=C(NCNC(=O)c1cn(-c2ccccc2Oc2ccc(Cl)cc2Cl)nn1)Nc1ccc(Cl)cc1. The number of amides is 3. The van der Waals surface area contributed by atoms with Gasteiger partial charge < -0.3 is 20.7 Å². The van der Waals surface area contributed by atoms with Gasteiger partial charge in [-0.15, -0.1) is 5.10 Å². The van der Waals surface area contributed by atoms with Gasteiger partial charge in [0.05, 0.1) is 17.9 Å². The Hall–Kier alpha value is -3.79. The second kappa shape index (κ2) is 11.1. The summed E-state index contributed by atoms with van der Waals surface area (Å²) in [4.78, 5) is 24.4. The monoisotopic (exact) mass is 530 g/mol. The van der Waals surface area contributed by atoms with Crippen LogP contribution in [0.25, 0.3) is 5.69 Å². The van der Waals surface area contributed by atoms with E-state index in [4.69, 9.17) is 39.5 Å². The smallest absolute Gasteiger partial charge is 0.320 e. The average Bonchev–Trinajstić information content (AvgIpc) is 3.33. The first-order chi connectivity index (χ1) is 16.9. The first-order valence-electron chi connectivity index (χ1n) is 10.1. The number of rotatable bonds is 7. The van der Waals surface area contributed by atoms with E-state index in [9.17, 15) is 9.59 Å². The molecule has 0 spiro atoms. The van der Waals surface area contributed by atoms with E-state index >= 15 is 0 Å². The van der Waals surface area contributed by atoms with Gasteiger partial charge in [-0.2, -0.15) is 0 Å². The number of nitrogens with one attached hydrogen (secondary N) is 3. The molecule has 0 saturated carbocycles. The summed E-state index contributed by atoms with van der Waals surface area (Å²) < 4.78 is 7.32. The van der Waals surface area contributed by atoms with Crippen LogP contribution in [0.2, 0.25) is 15.1 Å². The van der Waals surface area contributed by atoms with Gasteiger partial charge in [-0.3, -0.25) is 4.79 Å². The summed E-state index contributed by atoms with van der Waals surface area (Å²) >= 11 is 18.0. The fourth-order valence-electron chi connectivity index (χ4n) is 2.90. The van der Waals surface area contributed by atoms with Crippen LogP contribution in [0.1, 0.15) is 10.5 Å². The van der Waals surface area contributed by atoms with Crippen molar-refractivity contribution in [3.05, 3.63) is 93.7 Å². The van der Waals surface area contributed by atoms with E-state index in [1.807, 2.05) is 0 Å². The number of para-hydroxylation sites is 2. The molecule has 0 unspecified atom stereocenters. The molecule has 0 fully saturated rings. The molecular weight excluding hydrogens is 515 g/mol. The fraction of sp³-hybridized carbons (Fsp3) is 0.0435. The van der Waals surface area contributed by atoms with Crippen molar-refractivity contribution in [2.24, 2.45) is 0 Å². The molecule has 35 heavy (non-hydrogen) atoms. The highest BCUT2D eigenvalue weighted by Gasteiger charge is 2.15. The lowest BCUT2D eigenvalue weighted by Gasteiger charge is -2.11. The average molecular weight is 532 g/mol. The number of aromatic nitrogens is 3. The Balaban J connectivity index is 1.37. The quantitative estimate of drug-likeness (QED) is 0.272. The number of anilines is 1.